The molecule has 0 fully saturated rings. The Labute approximate surface area is 106 Å². The lowest BCUT2D eigenvalue weighted by Crippen LogP contribution is -2.31. The first-order valence-electron chi connectivity index (χ1n) is 6.27. The quantitative estimate of drug-likeness (QED) is 0.886. The molecule has 0 atom stereocenters. The SMILES string of the molecule is c1ccc(C2=NCCCN2)c(Cn2cccn2)c1. The highest BCUT2D eigenvalue weighted by atomic mass is 15.3. The van der Waals surface area contributed by atoms with Crippen molar-refractivity contribution in [2.45, 2.75) is 13.0 Å². The maximum Gasteiger partial charge on any atom is 0.128 e. The van der Waals surface area contributed by atoms with Gasteiger partial charge in [0.1, 0.15) is 5.84 Å². The Morgan fingerprint density at radius 2 is 2.17 bits per heavy atom. The number of aliphatic imine (C=N–C) groups is 1. The van der Waals surface area contributed by atoms with Gasteiger partial charge in [0.2, 0.25) is 0 Å². The molecular formula is C14H16N4. The van der Waals surface area contributed by atoms with Gasteiger partial charge < -0.3 is 5.32 Å². The van der Waals surface area contributed by atoms with E-state index in [0.29, 0.717) is 0 Å². The van der Waals surface area contributed by atoms with Crippen molar-refractivity contribution in [2.24, 2.45) is 4.99 Å². The average Bonchev–Trinajstić information content (AvgIpc) is 2.93. The van der Waals surface area contributed by atoms with E-state index in [1.54, 1.807) is 6.20 Å². The third-order valence-corrected chi connectivity index (χ3v) is 3.06. The lowest BCUT2D eigenvalue weighted by Gasteiger charge is -2.17. The standard InChI is InChI=1S/C14H16N4/c1-2-6-13(14-15-7-3-8-16-14)12(5-1)11-18-10-4-9-17-18/h1-2,4-6,9-10H,3,7-8,11H2,(H,15,16). The van der Waals surface area contributed by atoms with Gasteiger partial charge >= 0.3 is 0 Å². The van der Waals surface area contributed by atoms with E-state index in [4.69, 9.17) is 0 Å². The van der Waals surface area contributed by atoms with Crippen molar-refractivity contribution < 1.29 is 0 Å². The molecule has 0 radical (unpaired) electrons. The number of benzene rings is 1. The Bertz CT molecular complexity index is 543. The van der Waals surface area contributed by atoms with Crippen LogP contribution in [0, 0.1) is 0 Å². The molecule has 1 N–H and O–H groups in total. The molecule has 4 heteroatoms. The molecular weight excluding hydrogens is 224 g/mol. The minimum absolute atomic E-state index is 0.782. The van der Waals surface area contributed by atoms with Gasteiger partial charge in [0.25, 0.3) is 0 Å². The molecule has 1 aromatic carbocycles. The van der Waals surface area contributed by atoms with Crippen molar-refractivity contribution >= 4 is 5.84 Å². The fourth-order valence-electron chi connectivity index (χ4n) is 2.17. The fourth-order valence-corrected chi connectivity index (χ4v) is 2.17. The minimum atomic E-state index is 0.782. The van der Waals surface area contributed by atoms with Gasteiger partial charge in [0.05, 0.1) is 6.54 Å². The number of hydrogen-bond donors (Lipinski definition) is 1. The van der Waals surface area contributed by atoms with Gasteiger partial charge in [-0.05, 0) is 18.1 Å². The second kappa shape index (κ2) is 5.04. The number of nitrogens with one attached hydrogen (secondary N) is 1. The highest BCUT2D eigenvalue weighted by Gasteiger charge is 2.11. The van der Waals surface area contributed by atoms with Crippen molar-refractivity contribution in [2.75, 3.05) is 13.1 Å². The third-order valence-electron chi connectivity index (χ3n) is 3.06. The molecule has 0 saturated carbocycles. The van der Waals surface area contributed by atoms with Crippen molar-refractivity contribution in [3.05, 3.63) is 53.9 Å². The van der Waals surface area contributed by atoms with Crippen LogP contribution in [0.1, 0.15) is 17.5 Å². The molecule has 2 heterocycles. The molecule has 4 nitrogen and oxygen atoms in total. The second-order valence-electron chi connectivity index (χ2n) is 4.37. The van der Waals surface area contributed by atoms with Crippen molar-refractivity contribution in [3.63, 3.8) is 0 Å². The molecule has 1 aliphatic heterocycles. The number of aromatic nitrogens is 2. The van der Waals surface area contributed by atoms with Crippen LogP contribution in [0.25, 0.3) is 0 Å². The molecule has 0 aliphatic carbocycles. The Kier molecular flexibility index (Phi) is 3.08. The molecule has 1 aliphatic rings. The molecule has 18 heavy (non-hydrogen) atoms. The van der Waals surface area contributed by atoms with Crippen LogP contribution in [-0.4, -0.2) is 28.7 Å². The number of amidine groups is 1. The average molecular weight is 240 g/mol. The fraction of sp³-hybridized carbons (Fsp3) is 0.286. The summed E-state index contributed by atoms with van der Waals surface area (Å²) in [5.74, 6) is 1.02. The zero-order chi connectivity index (χ0) is 12.2. The molecule has 0 saturated heterocycles. The maximum absolute atomic E-state index is 4.57. The first-order valence-corrected chi connectivity index (χ1v) is 6.27. The van der Waals surface area contributed by atoms with Crippen LogP contribution in [0.5, 0.6) is 0 Å². The van der Waals surface area contributed by atoms with Gasteiger partial charge in [-0.3, -0.25) is 9.67 Å². The highest BCUT2D eigenvalue weighted by molar-refractivity contribution is 6.00. The smallest absolute Gasteiger partial charge is 0.128 e. The summed E-state index contributed by atoms with van der Waals surface area (Å²) in [5.41, 5.74) is 2.43. The van der Waals surface area contributed by atoms with Crippen LogP contribution in [0.2, 0.25) is 0 Å². The maximum atomic E-state index is 4.57. The van der Waals surface area contributed by atoms with E-state index in [1.807, 2.05) is 16.9 Å². The van der Waals surface area contributed by atoms with E-state index in [2.05, 4.69) is 39.7 Å². The topological polar surface area (TPSA) is 42.2 Å². The summed E-state index contributed by atoms with van der Waals surface area (Å²) in [4.78, 5) is 4.57. The molecule has 92 valence electrons. The third kappa shape index (κ3) is 2.27. The van der Waals surface area contributed by atoms with Gasteiger partial charge in [-0.2, -0.15) is 5.10 Å². The summed E-state index contributed by atoms with van der Waals surface area (Å²) in [7, 11) is 0. The summed E-state index contributed by atoms with van der Waals surface area (Å²) >= 11 is 0. The van der Waals surface area contributed by atoms with E-state index in [0.717, 1.165) is 31.9 Å². The first-order chi connectivity index (χ1) is 8.93. The zero-order valence-electron chi connectivity index (χ0n) is 10.2. The van der Waals surface area contributed by atoms with E-state index >= 15 is 0 Å². The molecule has 0 bridgehead atoms. The van der Waals surface area contributed by atoms with E-state index in [9.17, 15) is 0 Å². The Balaban J connectivity index is 1.92. The molecule has 1 aromatic heterocycles. The lowest BCUT2D eigenvalue weighted by molar-refractivity contribution is 0.684. The van der Waals surface area contributed by atoms with Crippen LogP contribution in [0.4, 0.5) is 0 Å². The summed E-state index contributed by atoms with van der Waals surface area (Å²) in [6.07, 6.45) is 4.90. The number of hydrogen-bond acceptors (Lipinski definition) is 3. The van der Waals surface area contributed by atoms with Crippen molar-refractivity contribution in [3.8, 4) is 0 Å². The van der Waals surface area contributed by atoms with Gasteiger partial charge in [0, 0.05) is 31.0 Å². The monoisotopic (exact) mass is 240 g/mol. The Morgan fingerprint density at radius 1 is 1.22 bits per heavy atom. The number of rotatable bonds is 3. The Hall–Kier alpha value is -2.10. The van der Waals surface area contributed by atoms with Gasteiger partial charge in [0.15, 0.2) is 0 Å². The van der Waals surface area contributed by atoms with E-state index < -0.39 is 0 Å². The normalized spacial score (nSPS) is 15.0. The molecule has 3 rings (SSSR count). The van der Waals surface area contributed by atoms with Gasteiger partial charge in [-0.15, -0.1) is 0 Å². The lowest BCUT2D eigenvalue weighted by atomic mass is 10.1. The summed E-state index contributed by atoms with van der Waals surface area (Å²) in [6, 6.07) is 10.3. The molecule has 0 unspecified atom stereocenters. The summed E-state index contributed by atoms with van der Waals surface area (Å²) in [6.45, 7) is 2.71. The second-order valence-corrected chi connectivity index (χ2v) is 4.37. The zero-order valence-corrected chi connectivity index (χ0v) is 10.2. The van der Waals surface area contributed by atoms with E-state index in [1.165, 1.54) is 11.1 Å². The summed E-state index contributed by atoms with van der Waals surface area (Å²) < 4.78 is 1.93. The van der Waals surface area contributed by atoms with Crippen molar-refractivity contribution in [1.82, 2.24) is 15.1 Å². The van der Waals surface area contributed by atoms with Crippen molar-refractivity contribution in [1.29, 1.82) is 0 Å². The molecule has 2 aromatic rings. The number of nitrogens with zero attached hydrogens (tertiary/aromatic N) is 3. The van der Waals surface area contributed by atoms with Crippen LogP contribution in [0.3, 0.4) is 0 Å². The van der Waals surface area contributed by atoms with Crippen LogP contribution >= 0.6 is 0 Å². The summed E-state index contributed by atoms with van der Waals surface area (Å²) in [5, 5.41) is 7.63. The van der Waals surface area contributed by atoms with Crippen LogP contribution < -0.4 is 5.32 Å². The predicted molar refractivity (Wildman–Crippen MR) is 71.8 cm³/mol. The van der Waals surface area contributed by atoms with Crippen LogP contribution in [0.15, 0.2) is 47.7 Å². The Morgan fingerprint density at radius 3 is 2.94 bits per heavy atom. The first kappa shape index (κ1) is 11.0. The minimum Gasteiger partial charge on any atom is -0.370 e. The molecule has 0 spiro atoms. The largest absolute Gasteiger partial charge is 0.370 e. The van der Waals surface area contributed by atoms with Gasteiger partial charge in [-0.1, -0.05) is 24.3 Å². The highest BCUT2D eigenvalue weighted by Crippen LogP contribution is 2.12. The predicted octanol–water partition coefficient (Wildman–Crippen LogP) is 1.67. The van der Waals surface area contributed by atoms with Gasteiger partial charge in [-0.25, -0.2) is 0 Å². The molecule has 0 amide bonds. The van der Waals surface area contributed by atoms with Crippen LogP contribution in [-0.2, 0) is 6.54 Å². The van der Waals surface area contributed by atoms with E-state index in [-0.39, 0.29) is 0 Å².